The summed E-state index contributed by atoms with van der Waals surface area (Å²) in [6.07, 6.45) is 4.22. The van der Waals surface area contributed by atoms with Crippen molar-refractivity contribution in [1.29, 1.82) is 0 Å². The fraction of sp³-hybridized carbons (Fsp3) is 0.167. The smallest absolute Gasteiger partial charge is 0.244 e. The molecule has 6 heteroatoms. The lowest BCUT2D eigenvalue weighted by Gasteiger charge is -2.04. The van der Waals surface area contributed by atoms with Gasteiger partial charge in [-0.1, -0.05) is 42.0 Å². The van der Waals surface area contributed by atoms with E-state index in [1.165, 1.54) is 11.6 Å². The van der Waals surface area contributed by atoms with E-state index in [2.05, 4.69) is 10.0 Å². The van der Waals surface area contributed by atoms with Gasteiger partial charge in [0.2, 0.25) is 15.9 Å². The maximum absolute atomic E-state index is 11.8. The highest BCUT2D eigenvalue weighted by molar-refractivity contribution is 7.92. The molecule has 2 rings (SSSR count). The van der Waals surface area contributed by atoms with Gasteiger partial charge in [-0.2, -0.15) is 0 Å². The molecular weight excluding hydrogens is 324 g/mol. The zero-order chi connectivity index (χ0) is 17.6. The summed E-state index contributed by atoms with van der Waals surface area (Å²) in [5.74, 6) is -0.186. The first-order chi connectivity index (χ1) is 11.3. The van der Waals surface area contributed by atoms with Crippen molar-refractivity contribution in [2.24, 2.45) is 0 Å². The van der Waals surface area contributed by atoms with E-state index < -0.39 is 10.0 Å². The third-order valence-electron chi connectivity index (χ3n) is 3.23. The molecule has 2 N–H and O–H groups in total. The minimum atomic E-state index is -3.28. The van der Waals surface area contributed by atoms with Crippen LogP contribution in [0, 0.1) is 6.92 Å². The van der Waals surface area contributed by atoms with Crippen LogP contribution >= 0.6 is 0 Å². The van der Waals surface area contributed by atoms with Crippen LogP contribution in [0.5, 0.6) is 0 Å². The van der Waals surface area contributed by atoms with Gasteiger partial charge in [0, 0.05) is 18.3 Å². The molecule has 126 valence electrons. The van der Waals surface area contributed by atoms with E-state index in [-0.39, 0.29) is 5.91 Å². The highest BCUT2D eigenvalue weighted by Gasteiger charge is 2.01. The van der Waals surface area contributed by atoms with Gasteiger partial charge >= 0.3 is 0 Å². The molecule has 0 aliphatic heterocycles. The number of amides is 1. The average Bonchev–Trinajstić information content (AvgIpc) is 2.52. The maximum Gasteiger partial charge on any atom is 0.244 e. The van der Waals surface area contributed by atoms with E-state index in [1.54, 1.807) is 30.3 Å². The summed E-state index contributed by atoms with van der Waals surface area (Å²) in [6, 6.07) is 14.7. The van der Waals surface area contributed by atoms with Crippen molar-refractivity contribution >= 4 is 27.7 Å². The summed E-state index contributed by atoms with van der Waals surface area (Å²) in [5, 5.41) is 2.81. The molecule has 0 atom stereocenters. The molecule has 5 nitrogen and oxygen atoms in total. The minimum absolute atomic E-state index is 0.186. The van der Waals surface area contributed by atoms with E-state index in [0.29, 0.717) is 12.2 Å². The number of sulfonamides is 1. The highest BCUT2D eigenvalue weighted by Crippen LogP contribution is 2.12. The maximum atomic E-state index is 11.8. The molecule has 0 saturated carbocycles. The van der Waals surface area contributed by atoms with Gasteiger partial charge in [0.15, 0.2) is 0 Å². The molecule has 0 saturated heterocycles. The van der Waals surface area contributed by atoms with Crippen LogP contribution in [-0.4, -0.2) is 20.6 Å². The Morgan fingerprint density at radius 2 is 1.67 bits per heavy atom. The van der Waals surface area contributed by atoms with Crippen LogP contribution in [0.1, 0.15) is 16.7 Å². The number of rotatable bonds is 6. The van der Waals surface area contributed by atoms with Crippen LogP contribution in [0.4, 0.5) is 5.69 Å². The standard InChI is InChI=1S/C18H20N2O3S/c1-14-3-5-16(6-4-14)13-19-18(21)12-9-15-7-10-17(11-8-15)20-24(2,22)23/h3-12,20H,13H2,1-2H3,(H,19,21)/b12-9+. The Hall–Kier alpha value is -2.60. The van der Waals surface area contributed by atoms with Crippen LogP contribution in [-0.2, 0) is 21.4 Å². The lowest BCUT2D eigenvalue weighted by atomic mass is 10.1. The Balaban J connectivity index is 1.88. The molecule has 2 aromatic carbocycles. The second kappa shape index (κ2) is 7.79. The van der Waals surface area contributed by atoms with Gasteiger partial charge in [-0.15, -0.1) is 0 Å². The predicted octanol–water partition coefficient (Wildman–Crippen LogP) is 2.70. The number of benzene rings is 2. The van der Waals surface area contributed by atoms with Crippen molar-refractivity contribution in [3.05, 3.63) is 71.3 Å². The Morgan fingerprint density at radius 3 is 2.25 bits per heavy atom. The molecule has 0 unspecified atom stereocenters. The molecule has 0 spiro atoms. The third kappa shape index (κ3) is 6.26. The Bertz CT molecular complexity index is 824. The number of hydrogen-bond acceptors (Lipinski definition) is 3. The zero-order valence-electron chi connectivity index (χ0n) is 13.6. The molecule has 0 radical (unpaired) electrons. The van der Waals surface area contributed by atoms with Gasteiger partial charge in [0.05, 0.1) is 6.26 Å². The van der Waals surface area contributed by atoms with Crippen LogP contribution < -0.4 is 10.0 Å². The molecule has 0 heterocycles. The van der Waals surface area contributed by atoms with Crippen molar-refractivity contribution in [1.82, 2.24) is 5.32 Å². The fourth-order valence-electron chi connectivity index (χ4n) is 2.00. The van der Waals surface area contributed by atoms with Crippen LogP contribution in [0.2, 0.25) is 0 Å². The van der Waals surface area contributed by atoms with Crippen LogP contribution in [0.15, 0.2) is 54.6 Å². The van der Waals surface area contributed by atoms with E-state index >= 15 is 0 Å². The fourth-order valence-corrected chi connectivity index (χ4v) is 2.57. The van der Waals surface area contributed by atoms with Gasteiger partial charge < -0.3 is 5.32 Å². The summed E-state index contributed by atoms with van der Waals surface area (Å²) in [6.45, 7) is 2.49. The molecule has 1 amide bonds. The van der Waals surface area contributed by atoms with Crippen molar-refractivity contribution in [3.8, 4) is 0 Å². The lowest BCUT2D eigenvalue weighted by Crippen LogP contribution is -2.20. The second-order valence-corrected chi connectivity index (χ2v) is 7.28. The number of carbonyl (C=O) groups excluding carboxylic acids is 1. The quantitative estimate of drug-likeness (QED) is 0.791. The Morgan fingerprint density at radius 1 is 1.04 bits per heavy atom. The van der Waals surface area contributed by atoms with Gasteiger partial charge in [0.1, 0.15) is 0 Å². The number of anilines is 1. The first-order valence-corrected chi connectivity index (χ1v) is 9.30. The van der Waals surface area contributed by atoms with Gasteiger partial charge in [-0.25, -0.2) is 8.42 Å². The number of nitrogens with one attached hydrogen (secondary N) is 2. The first-order valence-electron chi connectivity index (χ1n) is 7.41. The van der Waals surface area contributed by atoms with Crippen molar-refractivity contribution in [2.45, 2.75) is 13.5 Å². The van der Waals surface area contributed by atoms with Gasteiger partial charge in [-0.3, -0.25) is 9.52 Å². The average molecular weight is 344 g/mol. The van der Waals surface area contributed by atoms with Crippen molar-refractivity contribution in [2.75, 3.05) is 11.0 Å². The van der Waals surface area contributed by atoms with Crippen LogP contribution in [0.3, 0.4) is 0 Å². The third-order valence-corrected chi connectivity index (χ3v) is 3.83. The topological polar surface area (TPSA) is 75.3 Å². The minimum Gasteiger partial charge on any atom is -0.348 e. The zero-order valence-corrected chi connectivity index (χ0v) is 14.4. The Kier molecular flexibility index (Phi) is 5.76. The largest absolute Gasteiger partial charge is 0.348 e. The predicted molar refractivity (Wildman–Crippen MR) is 97.0 cm³/mol. The monoisotopic (exact) mass is 344 g/mol. The molecule has 0 aliphatic carbocycles. The highest BCUT2D eigenvalue weighted by atomic mass is 32.2. The van der Waals surface area contributed by atoms with E-state index in [4.69, 9.17) is 0 Å². The van der Waals surface area contributed by atoms with E-state index in [0.717, 1.165) is 17.4 Å². The summed E-state index contributed by atoms with van der Waals surface area (Å²) >= 11 is 0. The van der Waals surface area contributed by atoms with E-state index in [9.17, 15) is 13.2 Å². The SMILES string of the molecule is Cc1ccc(CNC(=O)/C=C/c2ccc(NS(C)(=O)=O)cc2)cc1. The molecule has 0 aliphatic rings. The second-order valence-electron chi connectivity index (χ2n) is 5.53. The lowest BCUT2D eigenvalue weighted by molar-refractivity contribution is -0.116. The molecule has 2 aromatic rings. The van der Waals surface area contributed by atoms with Crippen LogP contribution in [0.25, 0.3) is 6.08 Å². The number of hydrogen-bond donors (Lipinski definition) is 2. The molecular formula is C18H20N2O3S. The summed E-state index contributed by atoms with van der Waals surface area (Å²) in [7, 11) is -3.28. The number of aryl methyl sites for hydroxylation is 1. The summed E-state index contributed by atoms with van der Waals surface area (Å²) in [4.78, 5) is 11.8. The number of carbonyl (C=O) groups is 1. The van der Waals surface area contributed by atoms with Gasteiger partial charge in [-0.05, 0) is 36.3 Å². The van der Waals surface area contributed by atoms with Gasteiger partial charge in [0.25, 0.3) is 0 Å². The van der Waals surface area contributed by atoms with E-state index in [1.807, 2.05) is 31.2 Å². The molecule has 24 heavy (non-hydrogen) atoms. The molecule has 0 bridgehead atoms. The van der Waals surface area contributed by atoms with Crippen molar-refractivity contribution in [3.63, 3.8) is 0 Å². The first kappa shape index (κ1) is 17.7. The molecule has 0 aromatic heterocycles. The summed E-state index contributed by atoms with van der Waals surface area (Å²) < 4.78 is 24.6. The summed E-state index contributed by atoms with van der Waals surface area (Å²) in [5.41, 5.74) is 3.51. The van der Waals surface area contributed by atoms with Crippen molar-refractivity contribution < 1.29 is 13.2 Å². The molecule has 0 fully saturated rings. The Labute approximate surface area is 142 Å². The normalized spacial score (nSPS) is 11.4.